The van der Waals surface area contributed by atoms with Gasteiger partial charge in [0.1, 0.15) is 5.78 Å². The highest BCUT2D eigenvalue weighted by molar-refractivity contribution is 6.17. The van der Waals surface area contributed by atoms with Crippen molar-refractivity contribution in [2.75, 3.05) is 0 Å². The fraction of sp³-hybridized carbons (Fsp3) is 0.364. The van der Waals surface area contributed by atoms with Gasteiger partial charge >= 0.3 is 0 Å². The molecule has 0 aliphatic heterocycles. The molecule has 70 valence electrons. The predicted molar refractivity (Wildman–Crippen MR) is 55.1 cm³/mol. The summed E-state index contributed by atoms with van der Waals surface area (Å²) in [6.07, 6.45) is 0.490. The van der Waals surface area contributed by atoms with Crippen molar-refractivity contribution in [3.05, 3.63) is 34.9 Å². The molecule has 0 saturated carbocycles. The van der Waals surface area contributed by atoms with Crippen molar-refractivity contribution in [3.8, 4) is 0 Å². The van der Waals surface area contributed by atoms with Crippen LogP contribution >= 0.6 is 11.6 Å². The Hall–Kier alpha value is -0.820. The Morgan fingerprint density at radius 1 is 1.46 bits per heavy atom. The van der Waals surface area contributed by atoms with Crippen LogP contribution in [0, 0.1) is 6.92 Å². The molecule has 0 atom stereocenters. The first kappa shape index (κ1) is 10.3. The molecule has 2 heteroatoms. The average Bonchev–Trinajstić information content (AvgIpc) is 2.03. The van der Waals surface area contributed by atoms with Gasteiger partial charge in [-0.3, -0.25) is 4.79 Å². The first-order valence-electron chi connectivity index (χ1n) is 4.28. The van der Waals surface area contributed by atoms with E-state index in [1.54, 1.807) is 6.92 Å². The highest BCUT2D eigenvalue weighted by Crippen LogP contribution is 2.17. The number of aryl methyl sites for hydroxylation is 1. The van der Waals surface area contributed by atoms with Crippen molar-refractivity contribution < 1.29 is 4.79 Å². The fourth-order valence-electron chi connectivity index (χ4n) is 1.39. The average molecular weight is 197 g/mol. The Bertz CT molecular complexity index is 318. The SMILES string of the molecule is CC(=O)Cc1cccc(C)c1CCl. The van der Waals surface area contributed by atoms with E-state index in [0.29, 0.717) is 12.3 Å². The summed E-state index contributed by atoms with van der Waals surface area (Å²) in [4.78, 5) is 10.9. The number of halogens is 1. The van der Waals surface area contributed by atoms with E-state index >= 15 is 0 Å². The van der Waals surface area contributed by atoms with E-state index < -0.39 is 0 Å². The summed E-state index contributed by atoms with van der Waals surface area (Å²) in [5.74, 6) is 0.659. The molecule has 1 rings (SSSR count). The zero-order valence-electron chi connectivity index (χ0n) is 7.93. The van der Waals surface area contributed by atoms with Crippen LogP contribution in [-0.2, 0) is 17.1 Å². The van der Waals surface area contributed by atoms with Crippen LogP contribution in [0.25, 0.3) is 0 Å². The monoisotopic (exact) mass is 196 g/mol. The van der Waals surface area contributed by atoms with E-state index in [-0.39, 0.29) is 5.78 Å². The van der Waals surface area contributed by atoms with Crippen molar-refractivity contribution in [1.29, 1.82) is 0 Å². The molecule has 0 heterocycles. The molecule has 0 aromatic heterocycles. The smallest absolute Gasteiger partial charge is 0.134 e. The van der Waals surface area contributed by atoms with Crippen molar-refractivity contribution in [2.24, 2.45) is 0 Å². The standard InChI is InChI=1S/C11H13ClO/c1-8-4-3-5-10(6-9(2)13)11(8)7-12/h3-5H,6-7H2,1-2H3. The first-order valence-corrected chi connectivity index (χ1v) is 4.81. The molecule has 0 unspecified atom stereocenters. The minimum atomic E-state index is 0.178. The van der Waals surface area contributed by atoms with E-state index in [1.807, 2.05) is 25.1 Å². The molecular weight excluding hydrogens is 184 g/mol. The molecule has 0 bridgehead atoms. The van der Waals surface area contributed by atoms with Gasteiger partial charge in [0, 0.05) is 12.3 Å². The van der Waals surface area contributed by atoms with E-state index in [0.717, 1.165) is 16.7 Å². The third-order valence-corrected chi connectivity index (χ3v) is 2.35. The molecule has 1 aromatic rings. The lowest BCUT2D eigenvalue weighted by Gasteiger charge is -2.07. The fourth-order valence-corrected chi connectivity index (χ4v) is 1.77. The Morgan fingerprint density at radius 2 is 2.15 bits per heavy atom. The molecule has 0 amide bonds. The van der Waals surface area contributed by atoms with Crippen molar-refractivity contribution in [2.45, 2.75) is 26.1 Å². The quantitative estimate of drug-likeness (QED) is 0.680. The summed E-state index contributed by atoms with van der Waals surface area (Å²) in [5, 5.41) is 0. The molecule has 0 aliphatic carbocycles. The second kappa shape index (κ2) is 4.43. The lowest BCUT2D eigenvalue weighted by Crippen LogP contribution is -2.01. The van der Waals surface area contributed by atoms with Gasteiger partial charge in [-0.15, -0.1) is 11.6 Å². The molecule has 0 spiro atoms. The molecule has 0 saturated heterocycles. The van der Waals surface area contributed by atoms with Crippen LogP contribution in [0.2, 0.25) is 0 Å². The summed E-state index contributed by atoms with van der Waals surface area (Å²) in [6, 6.07) is 5.94. The van der Waals surface area contributed by atoms with Crippen LogP contribution in [0.3, 0.4) is 0 Å². The van der Waals surface area contributed by atoms with Gasteiger partial charge in [0.2, 0.25) is 0 Å². The van der Waals surface area contributed by atoms with Crippen LogP contribution in [-0.4, -0.2) is 5.78 Å². The molecular formula is C11H13ClO. The summed E-state index contributed by atoms with van der Waals surface area (Å²) in [7, 11) is 0. The van der Waals surface area contributed by atoms with Gasteiger partial charge in [-0.25, -0.2) is 0 Å². The van der Waals surface area contributed by atoms with Crippen molar-refractivity contribution in [3.63, 3.8) is 0 Å². The highest BCUT2D eigenvalue weighted by atomic mass is 35.5. The molecule has 0 radical (unpaired) electrons. The first-order chi connectivity index (χ1) is 6.15. The Labute approximate surface area is 83.7 Å². The van der Waals surface area contributed by atoms with Gasteiger partial charge < -0.3 is 0 Å². The molecule has 0 N–H and O–H groups in total. The second-order valence-corrected chi connectivity index (χ2v) is 3.49. The van der Waals surface area contributed by atoms with Gasteiger partial charge in [0.15, 0.2) is 0 Å². The third-order valence-electron chi connectivity index (χ3n) is 2.08. The third kappa shape index (κ3) is 2.56. The van der Waals surface area contributed by atoms with Gasteiger partial charge in [-0.1, -0.05) is 18.2 Å². The number of benzene rings is 1. The minimum absolute atomic E-state index is 0.178. The van der Waals surface area contributed by atoms with Crippen molar-refractivity contribution in [1.82, 2.24) is 0 Å². The second-order valence-electron chi connectivity index (χ2n) is 3.23. The number of Topliss-reactive ketones (excluding diaryl/α,β-unsaturated/α-hetero) is 1. The largest absolute Gasteiger partial charge is 0.300 e. The van der Waals surface area contributed by atoms with Crippen LogP contribution in [0.5, 0.6) is 0 Å². The minimum Gasteiger partial charge on any atom is -0.300 e. The topological polar surface area (TPSA) is 17.1 Å². The maximum Gasteiger partial charge on any atom is 0.134 e. The summed E-state index contributed by atoms with van der Waals surface area (Å²) < 4.78 is 0. The number of hydrogen-bond donors (Lipinski definition) is 0. The lowest BCUT2D eigenvalue weighted by molar-refractivity contribution is -0.116. The zero-order chi connectivity index (χ0) is 9.84. The Balaban J connectivity index is 3.05. The van der Waals surface area contributed by atoms with E-state index in [2.05, 4.69) is 0 Å². The summed E-state index contributed by atoms with van der Waals surface area (Å²) in [6.45, 7) is 3.61. The molecule has 1 nitrogen and oxygen atoms in total. The Kier molecular flexibility index (Phi) is 3.49. The highest BCUT2D eigenvalue weighted by Gasteiger charge is 2.05. The number of carbonyl (C=O) groups is 1. The van der Waals surface area contributed by atoms with Gasteiger partial charge in [0.05, 0.1) is 0 Å². The molecule has 0 fully saturated rings. The zero-order valence-corrected chi connectivity index (χ0v) is 8.69. The van der Waals surface area contributed by atoms with Gasteiger partial charge in [-0.2, -0.15) is 0 Å². The summed E-state index contributed by atoms with van der Waals surface area (Å²) in [5.41, 5.74) is 3.32. The van der Waals surface area contributed by atoms with E-state index in [9.17, 15) is 4.79 Å². The number of alkyl halides is 1. The Morgan fingerprint density at radius 3 is 2.69 bits per heavy atom. The van der Waals surface area contributed by atoms with Crippen LogP contribution in [0.4, 0.5) is 0 Å². The number of hydrogen-bond acceptors (Lipinski definition) is 1. The molecule has 1 aromatic carbocycles. The number of carbonyl (C=O) groups excluding carboxylic acids is 1. The number of rotatable bonds is 3. The molecule has 13 heavy (non-hydrogen) atoms. The van der Waals surface area contributed by atoms with E-state index in [4.69, 9.17) is 11.6 Å². The van der Waals surface area contributed by atoms with Gasteiger partial charge in [-0.05, 0) is 30.5 Å². The maximum atomic E-state index is 10.9. The van der Waals surface area contributed by atoms with Crippen LogP contribution in [0.15, 0.2) is 18.2 Å². The van der Waals surface area contributed by atoms with E-state index in [1.165, 1.54) is 0 Å². The van der Waals surface area contributed by atoms with Crippen molar-refractivity contribution >= 4 is 17.4 Å². The normalized spacial score (nSPS) is 10.1. The van der Waals surface area contributed by atoms with Crippen LogP contribution < -0.4 is 0 Å². The van der Waals surface area contributed by atoms with Gasteiger partial charge in [0.25, 0.3) is 0 Å². The number of ketones is 1. The molecule has 0 aliphatic rings. The lowest BCUT2D eigenvalue weighted by atomic mass is 10.00. The summed E-state index contributed by atoms with van der Waals surface area (Å²) >= 11 is 5.81. The predicted octanol–water partition coefficient (Wildman–Crippen LogP) is 2.87. The van der Waals surface area contributed by atoms with Crippen LogP contribution in [0.1, 0.15) is 23.6 Å². The maximum absolute atomic E-state index is 10.9.